The van der Waals surface area contributed by atoms with Crippen molar-refractivity contribution >= 4 is 17.7 Å². The molecule has 35 heavy (non-hydrogen) atoms. The Kier molecular flexibility index (Phi) is 7.46. The second-order valence-corrected chi connectivity index (χ2v) is 12.0. The number of rotatable bonds is 6. The largest absolute Gasteiger partial charge is 0.333 e. The normalized spacial score (nSPS) is 23.7. The maximum atomic E-state index is 13.2. The van der Waals surface area contributed by atoms with E-state index in [4.69, 9.17) is 0 Å². The number of hydrogen-bond acceptors (Lipinski definition) is 3. The highest BCUT2D eigenvalue weighted by Crippen LogP contribution is 2.59. The zero-order valence-electron chi connectivity index (χ0n) is 22.1. The van der Waals surface area contributed by atoms with E-state index >= 15 is 0 Å². The lowest BCUT2D eigenvalue weighted by Gasteiger charge is -2.57. The first kappa shape index (κ1) is 25.5. The number of anilines is 1. The summed E-state index contributed by atoms with van der Waals surface area (Å²) in [5, 5.41) is 6.14. The molecule has 0 aromatic heterocycles. The number of carbonyl (C=O) groups excluding carboxylic acids is 2. The van der Waals surface area contributed by atoms with Crippen LogP contribution in [0.25, 0.3) is 0 Å². The lowest BCUT2D eigenvalue weighted by Crippen LogP contribution is -2.55. The van der Waals surface area contributed by atoms with E-state index in [1.807, 2.05) is 60.9 Å². The molecule has 0 spiro atoms. The van der Waals surface area contributed by atoms with Crippen molar-refractivity contribution < 1.29 is 9.59 Å². The maximum Gasteiger partial charge on any atom is 0.321 e. The topological polar surface area (TPSA) is 67.9 Å². The molecule has 4 aliphatic rings. The molecule has 3 aliphatic carbocycles. The van der Waals surface area contributed by atoms with Crippen LogP contribution in [0.15, 0.2) is 42.0 Å². The molecule has 1 aromatic carbocycles. The van der Waals surface area contributed by atoms with Crippen LogP contribution >= 0.6 is 0 Å². The number of para-hydroxylation sites is 1. The molecule has 5 rings (SSSR count). The lowest BCUT2D eigenvalue weighted by molar-refractivity contribution is -0.00988. The van der Waals surface area contributed by atoms with Gasteiger partial charge >= 0.3 is 12.1 Å². The van der Waals surface area contributed by atoms with E-state index in [1.54, 1.807) is 0 Å². The number of nitrogens with zero attached hydrogens (tertiary/aromatic N) is 3. The first-order chi connectivity index (χ1) is 16.5. The molecule has 1 heterocycles. The molecular formula is C28H43N5O2. The van der Waals surface area contributed by atoms with Gasteiger partial charge in [0.1, 0.15) is 0 Å². The molecule has 2 unspecified atom stereocenters. The molecule has 1 saturated heterocycles. The SMILES string of the molecule is CC(C)(C)NC(=O)N(CCN1CCN(C(=O)Nc2ccccc2)CC1)CC1=CCC2CC1C2(C)C. The fraction of sp³-hybridized carbons (Fsp3) is 0.643. The summed E-state index contributed by atoms with van der Waals surface area (Å²) in [7, 11) is 0. The zero-order chi connectivity index (χ0) is 25.2. The lowest BCUT2D eigenvalue weighted by atomic mass is 9.49. The van der Waals surface area contributed by atoms with Gasteiger partial charge in [-0.3, -0.25) is 4.90 Å². The average molecular weight is 482 g/mol. The van der Waals surface area contributed by atoms with Crippen LogP contribution < -0.4 is 10.6 Å². The van der Waals surface area contributed by atoms with Gasteiger partial charge in [-0.05, 0) is 63.0 Å². The van der Waals surface area contributed by atoms with Crippen molar-refractivity contribution in [1.82, 2.24) is 20.0 Å². The third-order valence-electron chi connectivity index (χ3n) is 8.10. The number of amides is 4. The summed E-state index contributed by atoms with van der Waals surface area (Å²) in [6, 6.07) is 9.54. The number of carbonyl (C=O) groups is 2. The van der Waals surface area contributed by atoms with Gasteiger partial charge in [0.25, 0.3) is 0 Å². The monoisotopic (exact) mass is 481 g/mol. The van der Waals surface area contributed by atoms with Crippen molar-refractivity contribution in [2.45, 2.75) is 53.0 Å². The number of benzene rings is 1. The number of nitrogens with one attached hydrogen (secondary N) is 2. The van der Waals surface area contributed by atoms with Crippen molar-refractivity contribution in [3.63, 3.8) is 0 Å². The first-order valence-corrected chi connectivity index (χ1v) is 13.1. The number of hydrogen-bond donors (Lipinski definition) is 2. The second kappa shape index (κ2) is 10.2. The van der Waals surface area contributed by atoms with Crippen molar-refractivity contribution in [1.29, 1.82) is 0 Å². The van der Waals surface area contributed by atoms with Gasteiger partial charge in [0.2, 0.25) is 0 Å². The Morgan fingerprint density at radius 3 is 2.37 bits per heavy atom. The minimum absolute atomic E-state index is 0.0125. The molecule has 7 heteroatoms. The predicted octanol–water partition coefficient (Wildman–Crippen LogP) is 4.64. The number of piperazine rings is 1. The molecule has 2 bridgehead atoms. The van der Waals surface area contributed by atoms with Crippen LogP contribution in [0.1, 0.15) is 47.5 Å². The third kappa shape index (κ3) is 6.18. The van der Waals surface area contributed by atoms with E-state index in [0.717, 1.165) is 37.7 Å². The number of urea groups is 2. The maximum absolute atomic E-state index is 13.2. The van der Waals surface area contributed by atoms with E-state index in [2.05, 4.69) is 35.5 Å². The Labute approximate surface area is 210 Å². The third-order valence-corrected chi connectivity index (χ3v) is 8.10. The highest BCUT2D eigenvalue weighted by Gasteiger charge is 2.51. The molecule has 4 amide bonds. The summed E-state index contributed by atoms with van der Waals surface area (Å²) in [6.07, 6.45) is 4.80. The van der Waals surface area contributed by atoms with Gasteiger partial charge in [0.15, 0.2) is 0 Å². The Morgan fingerprint density at radius 2 is 1.77 bits per heavy atom. The average Bonchev–Trinajstić information content (AvgIpc) is 2.81. The fourth-order valence-corrected chi connectivity index (χ4v) is 5.69. The Bertz CT molecular complexity index is 928. The minimum Gasteiger partial charge on any atom is -0.333 e. The summed E-state index contributed by atoms with van der Waals surface area (Å²) in [4.78, 5) is 32.0. The molecule has 1 aromatic rings. The van der Waals surface area contributed by atoms with Crippen LogP contribution in [0.4, 0.5) is 15.3 Å². The Balaban J connectivity index is 1.30. The van der Waals surface area contributed by atoms with Gasteiger partial charge in [-0.15, -0.1) is 0 Å². The minimum atomic E-state index is -0.269. The van der Waals surface area contributed by atoms with E-state index in [0.29, 0.717) is 37.5 Å². The standard InChI is InChI=1S/C28H43N5O2/c1-27(2,3)30-26(35)33(20-21-11-12-22-19-24(21)28(22,4)5)18-15-31-13-16-32(17-14-31)25(34)29-23-9-7-6-8-10-23/h6-11,22,24H,12-20H2,1-5H3,(H,29,34)(H,30,35). The van der Waals surface area contributed by atoms with Crippen molar-refractivity contribution in [2.24, 2.45) is 17.3 Å². The van der Waals surface area contributed by atoms with Crippen LogP contribution in [0.2, 0.25) is 0 Å². The molecule has 2 N–H and O–H groups in total. The summed E-state index contributed by atoms with van der Waals surface area (Å²) in [5.41, 5.74) is 2.34. The smallest absolute Gasteiger partial charge is 0.321 e. The van der Waals surface area contributed by atoms with Gasteiger partial charge in [0.05, 0.1) is 0 Å². The Hall–Kier alpha value is -2.54. The van der Waals surface area contributed by atoms with Crippen LogP contribution in [0.5, 0.6) is 0 Å². The Morgan fingerprint density at radius 1 is 1.09 bits per heavy atom. The van der Waals surface area contributed by atoms with Crippen molar-refractivity contribution in [3.05, 3.63) is 42.0 Å². The fourth-order valence-electron chi connectivity index (χ4n) is 5.69. The number of fused-ring (bicyclic) bond motifs is 1. The second-order valence-electron chi connectivity index (χ2n) is 12.0. The highest BCUT2D eigenvalue weighted by atomic mass is 16.2. The molecule has 192 valence electrons. The van der Waals surface area contributed by atoms with Gasteiger partial charge in [-0.2, -0.15) is 0 Å². The van der Waals surface area contributed by atoms with Gasteiger partial charge in [-0.1, -0.05) is 43.7 Å². The molecule has 7 nitrogen and oxygen atoms in total. The molecule has 0 radical (unpaired) electrons. The van der Waals surface area contributed by atoms with Crippen LogP contribution in [-0.2, 0) is 0 Å². The quantitative estimate of drug-likeness (QED) is 0.582. The van der Waals surface area contributed by atoms with Crippen molar-refractivity contribution in [2.75, 3.05) is 51.1 Å². The van der Waals surface area contributed by atoms with Crippen molar-refractivity contribution in [3.8, 4) is 0 Å². The molecule has 2 fully saturated rings. The zero-order valence-corrected chi connectivity index (χ0v) is 22.1. The van der Waals surface area contributed by atoms with E-state index < -0.39 is 0 Å². The van der Waals surface area contributed by atoms with Gasteiger partial charge < -0.3 is 20.4 Å². The van der Waals surface area contributed by atoms with Crippen LogP contribution in [0, 0.1) is 17.3 Å². The van der Waals surface area contributed by atoms with E-state index in [-0.39, 0.29) is 17.6 Å². The van der Waals surface area contributed by atoms with E-state index in [9.17, 15) is 9.59 Å². The first-order valence-electron chi connectivity index (χ1n) is 13.1. The van der Waals surface area contributed by atoms with Gasteiger partial charge in [0, 0.05) is 57.0 Å². The predicted molar refractivity (Wildman–Crippen MR) is 141 cm³/mol. The summed E-state index contributed by atoms with van der Waals surface area (Å²) >= 11 is 0. The van der Waals surface area contributed by atoms with Crippen LogP contribution in [-0.4, -0.2) is 78.1 Å². The molecule has 1 saturated carbocycles. The summed E-state index contributed by atoms with van der Waals surface area (Å²) < 4.78 is 0. The molecular weight excluding hydrogens is 438 g/mol. The van der Waals surface area contributed by atoms with Crippen LogP contribution in [0.3, 0.4) is 0 Å². The summed E-state index contributed by atoms with van der Waals surface area (Å²) in [6.45, 7) is 16.1. The molecule has 2 atom stereocenters. The summed E-state index contributed by atoms with van der Waals surface area (Å²) in [5.74, 6) is 1.39. The van der Waals surface area contributed by atoms with E-state index in [1.165, 1.54) is 12.0 Å². The van der Waals surface area contributed by atoms with Gasteiger partial charge in [-0.25, -0.2) is 9.59 Å². The molecule has 1 aliphatic heterocycles. The highest BCUT2D eigenvalue weighted by molar-refractivity contribution is 5.89. The number of allylic oxidation sites excluding steroid dienone is 1.